The molecule has 2 N–H and O–H groups in total. The highest BCUT2D eigenvalue weighted by atomic mass is 16.2. The van der Waals surface area contributed by atoms with Gasteiger partial charge < -0.3 is 5.32 Å². The molecule has 0 aromatic heterocycles. The van der Waals surface area contributed by atoms with Crippen molar-refractivity contribution in [2.24, 2.45) is 0 Å². The van der Waals surface area contributed by atoms with Gasteiger partial charge in [-0.3, -0.25) is 14.9 Å². The van der Waals surface area contributed by atoms with Gasteiger partial charge in [-0.15, -0.1) is 0 Å². The third kappa shape index (κ3) is 2.84. The number of aryl methyl sites for hydroxylation is 1. The zero-order valence-electron chi connectivity index (χ0n) is 11.2. The second-order valence-corrected chi connectivity index (χ2v) is 4.87. The molecular weight excluding hydrogens is 240 g/mol. The molecule has 1 aliphatic rings. The smallest absolute Gasteiger partial charge is 0.249 e. The van der Waals surface area contributed by atoms with Crippen molar-refractivity contribution in [3.63, 3.8) is 0 Å². The van der Waals surface area contributed by atoms with Crippen molar-refractivity contribution in [2.75, 3.05) is 0 Å². The molecule has 19 heavy (non-hydrogen) atoms. The molecule has 1 aromatic carbocycles. The highest BCUT2D eigenvalue weighted by Crippen LogP contribution is 2.19. The molecule has 2 amide bonds. The number of rotatable bonds is 3. The van der Waals surface area contributed by atoms with E-state index in [0.29, 0.717) is 12.8 Å². The Kier molecular flexibility index (Phi) is 3.69. The van der Waals surface area contributed by atoms with Crippen LogP contribution >= 0.6 is 0 Å². The van der Waals surface area contributed by atoms with Crippen LogP contribution in [0.2, 0.25) is 0 Å². The van der Waals surface area contributed by atoms with E-state index in [-0.39, 0.29) is 17.9 Å². The van der Waals surface area contributed by atoms with Crippen LogP contribution in [0.25, 0.3) is 5.70 Å². The van der Waals surface area contributed by atoms with Gasteiger partial charge in [0, 0.05) is 17.7 Å². The number of amides is 2. The number of piperidine rings is 1. The fourth-order valence-electron chi connectivity index (χ4n) is 2.20. The number of hydrogen-bond acceptors (Lipinski definition) is 3. The number of carbonyl (C=O) groups is 2. The normalized spacial score (nSPS) is 18.9. The van der Waals surface area contributed by atoms with E-state index in [9.17, 15) is 9.59 Å². The van der Waals surface area contributed by atoms with E-state index >= 15 is 0 Å². The number of carbonyl (C=O) groups excluding carboxylic acids is 2. The molecule has 1 fully saturated rings. The lowest BCUT2D eigenvalue weighted by Gasteiger charge is -2.24. The zero-order valence-corrected chi connectivity index (χ0v) is 11.2. The molecule has 0 radical (unpaired) electrons. The third-order valence-electron chi connectivity index (χ3n) is 3.52. The van der Waals surface area contributed by atoms with Crippen molar-refractivity contribution < 1.29 is 9.59 Å². The Hall–Kier alpha value is -2.10. The molecule has 4 nitrogen and oxygen atoms in total. The van der Waals surface area contributed by atoms with Crippen molar-refractivity contribution in [3.05, 3.63) is 41.5 Å². The summed E-state index contributed by atoms with van der Waals surface area (Å²) in [6, 6.07) is 5.60. The van der Waals surface area contributed by atoms with Crippen LogP contribution < -0.4 is 10.6 Å². The van der Waals surface area contributed by atoms with Crippen LogP contribution in [0.1, 0.15) is 29.5 Å². The average molecular weight is 258 g/mol. The predicted molar refractivity (Wildman–Crippen MR) is 74.3 cm³/mol. The van der Waals surface area contributed by atoms with E-state index in [1.54, 1.807) is 0 Å². The SMILES string of the molecule is C=C(NC1CCC(=O)NC1=O)c1cccc(C)c1C. The molecule has 1 saturated heterocycles. The molecule has 0 spiro atoms. The monoisotopic (exact) mass is 258 g/mol. The fourth-order valence-corrected chi connectivity index (χ4v) is 2.20. The molecule has 1 unspecified atom stereocenters. The maximum Gasteiger partial charge on any atom is 0.249 e. The summed E-state index contributed by atoms with van der Waals surface area (Å²) in [6.45, 7) is 8.07. The van der Waals surface area contributed by atoms with Gasteiger partial charge >= 0.3 is 0 Å². The van der Waals surface area contributed by atoms with E-state index in [0.717, 1.165) is 16.8 Å². The maximum atomic E-state index is 11.7. The van der Waals surface area contributed by atoms with Crippen LogP contribution in [0, 0.1) is 13.8 Å². The van der Waals surface area contributed by atoms with Crippen LogP contribution in [-0.4, -0.2) is 17.9 Å². The quantitative estimate of drug-likeness (QED) is 0.811. The minimum Gasteiger partial charge on any atom is -0.374 e. The number of imide groups is 1. The first-order chi connectivity index (χ1) is 8.99. The third-order valence-corrected chi connectivity index (χ3v) is 3.52. The summed E-state index contributed by atoms with van der Waals surface area (Å²) >= 11 is 0. The van der Waals surface area contributed by atoms with Crippen molar-refractivity contribution >= 4 is 17.5 Å². The standard InChI is InChI=1S/C15H18N2O2/c1-9-5-4-6-12(10(9)2)11(3)16-13-7-8-14(18)17-15(13)19/h4-6,13,16H,3,7-8H2,1-2H3,(H,17,18,19). The average Bonchev–Trinajstić information content (AvgIpc) is 2.36. The molecule has 1 aliphatic heterocycles. The molecule has 1 aromatic rings. The Morgan fingerprint density at radius 1 is 1.37 bits per heavy atom. The Labute approximate surface area is 112 Å². The summed E-state index contributed by atoms with van der Waals surface area (Å²) < 4.78 is 0. The summed E-state index contributed by atoms with van der Waals surface area (Å²) in [5, 5.41) is 5.45. The van der Waals surface area contributed by atoms with Crippen molar-refractivity contribution in [1.82, 2.24) is 10.6 Å². The van der Waals surface area contributed by atoms with Gasteiger partial charge in [-0.2, -0.15) is 0 Å². The molecule has 0 saturated carbocycles. The molecule has 1 heterocycles. The van der Waals surface area contributed by atoms with E-state index < -0.39 is 0 Å². The van der Waals surface area contributed by atoms with Crippen LogP contribution in [0.5, 0.6) is 0 Å². The zero-order chi connectivity index (χ0) is 14.0. The van der Waals surface area contributed by atoms with Crippen LogP contribution in [0.3, 0.4) is 0 Å². The maximum absolute atomic E-state index is 11.7. The van der Waals surface area contributed by atoms with E-state index in [4.69, 9.17) is 0 Å². The Morgan fingerprint density at radius 3 is 2.79 bits per heavy atom. The van der Waals surface area contributed by atoms with Gasteiger partial charge in [0.1, 0.15) is 6.04 Å². The van der Waals surface area contributed by atoms with Crippen LogP contribution in [0.4, 0.5) is 0 Å². The van der Waals surface area contributed by atoms with Gasteiger partial charge in [0.25, 0.3) is 0 Å². The molecule has 1 atom stereocenters. The van der Waals surface area contributed by atoms with Crippen molar-refractivity contribution in [2.45, 2.75) is 32.7 Å². The summed E-state index contributed by atoms with van der Waals surface area (Å²) in [7, 11) is 0. The van der Waals surface area contributed by atoms with Gasteiger partial charge in [-0.05, 0) is 31.4 Å². The Bertz CT molecular complexity index is 549. The van der Waals surface area contributed by atoms with Crippen LogP contribution in [-0.2, 0) is 9.59 Å². The lowest BCUT2D eigenvalue weighted by atomic mass is 10.00. The molecule has 2 rings (SSSR count). The van der Waals surface area contributed by atoms with Gasteiger partial charge in [0.15, 0.2) is 0 Å². The Morgan fingerprint density at radius 2 is 2.11 bits per heavy atom. The largest absolute Gasteiger partial charge is 0.374 e. The number of hydrogen-bond donors (Lipinski definition) is 2. The highest BCUT2D eigenvalue weighted by Gasteiger charge is 2.26. The predicted octanol–water partition coefficient (Wildman–Crippen LogP) is 1.67. The van der Waals surface area contributed by atoms with Gasteiger partial charge in [0.2, 0.25) is 11.8 Å². The minimum absolute atomic E-state index is 0.208. The lowest BCUT2D eigenvalue weighted by molar-refractivity contribution is -0.134. The van der Waals surface area contributed by atoms with E-state index in [1.165, 1.54) is 5.56 Å². The van der Waals surface area contributed by atoms with Gasteiger partial charge in [-0.1, -0.05) is 24.8 Å². The number of nitrogens with one attached hydrogen (secondary N) is 2. The molecular formula is C15H18N2O2. The van der Waals surface area contributed by atoms with Crippen molar-refractivity contribution in [1.29, 1.82) is 0 Å². The summed E-state index contributed by atoms with van der Waals surface area (Å²) in [5.41, 5.74) is 4.05. The molecule has 100 valence electrons. The minimum atomic E-state index is -0.384. The first kappa shape index (κ1) is 13.3. The first-order valence-electron chi connectivity index (χ1n) is 6.34. The molecule has 4 heteroatoms. The molecule has 0 bridgehead atoms. The lowest BCUT2D eigenvalue weighted by Crippen LogP contribution is -2.50. The first-order valence-corrected chi connectivity index (χ1v) is 6.34. The van der Waals surface area contributed by atoms with E-state index in [1.807, 2.05) is 32.0 Å². The molecule has 0 aliphatic carbocycles. The van der Waals surface area contributed by atoms with Gasteiger partial charge in [0.05, 0.1) is 0 Å². The Balaban J connectivity index is 2.11. The summed E-state index contributed by atoms with van der Waals surface area (Å²) in [5.74, 6) is -0.483. The van der Waals surface area contributed by atoms with Crippen LogP contribution in [0.15, 0.2) is 24.8 Å². The fraction of sp³-hybridized carbons (Fsp3) is 0.333. The second kappa shape index (κ2) is 5.26. The highest BCUT2D eigenvalue weighted by molar-refractivity contribution is 6.00. The summed E-state index contributed by atoms with van der Waals surface area (Å²) in [6.07, 6.45) is 0.873. The number of benzene rings is 1. The topological polar surface area (TPSA) is 58.2 Å². The van der Waals surface area contributed by atoms with Gasteiger partial charge in [-0.25, -0.2) is 0 Å². The second-order valence-electron chi connectivity index (χ2n) is 4.87. The summed E-state index contributed by atoms with van der Waals surface area (Å²) in [4.78, 5) is 22.8. The van der Waals surface area contributed by atoms with Crippen molar-refractivity contribution in [3.8, 4) is 0 Å². The van der Waals surface area contributed by atoms with E-state index in [2.05, 4.69) is 17.2 Å².